The number of hydrogen-bond donors (Lipinski definition) is 1. The highest BCUT2D eigenvalue weighted by atomic mass is 35.5. The topological polar surface area (TPSA) is 119 Å². The molecule has 1 fully saturated rings. The Kier molecular flexibility index (Phi) is 8.87. The van der Waals surface area contributed by atoms with E-state index in [0.717, 1.165) is 27.8 Å². The van der Waals surface area contributed by atoms with Crippen LogP contribution in [0.2, 0.25) is 5.02 Å². The summed E-state index contributed by atoms with van der Waals surface area (Å²) < 4.78 is 36.9. The minimum atomic E-state index is -4.32. The van der Waals surface area contributed by atoms with Gasteiger partial charge >= 0.3 is 10.1 Å². The number of carbonyl (C=O) groups excluding carboxylic acids is 3. The smallest absolute Gasteiger partial charge is 0.339 e. The first-order valence-electron chi connectivity index (χ1n) is 12.1. The Hall–Kier alpha value is -3.80. The van der Waals surface area contributed by atoms with Gasteiger partial charge in [0, 0.05) is 12.6 Å². The normalized spacial score (nSPS) is 14.5. The minimum absolute atomic E-state index is 0.0403. The zero-order valence-electron chi connectivity index (χ0n) is 21.8. The third-order valence-electron chi connectivity index (χ3n) is 5.62. The molecule has 0 atom stereocenters. The van der Waals surface area contributed by atoms with Gasteiger partial charge in [0.05, 0.1) is 23.1 Å². The van der Waals surface area contributed by atoms with Crippen LogP contribution < -0.4 is 14.2 Å². The van der Waals surface area contributed by atoms with Crippen molar-refractivity contribution in [2.45, 2.75) is 32.2 Å². The van der Waals surface area contributed by atoms with E-state index in [0.29, 0.717) is 11.3 Å². The third kappa shape index (κ3) is 6.85. The van der Waals surface area contributed by atoms with Gasteiger partial charge in [-0.25, -0.2) is 0 Å². The van der Waals surface area contributed by atoms with E-state index < -0.39 is 21.3 Å². The number of aryl methyl sites for hydroxylation is 1. The van der Waals surface area contributed by atoms with Crippen molar-refractivity contribution in [3.63, 3.8) is 0 Å². The van der Waals surface area contributed by atoms with Crippen LogP contribution in [0.25, 0.3) is 6.08 Å². The summed E-state index contributed by atoms with van der Waals surface area (Å²) >= 11 is 7.23. The Morgan fingerprint density at radius 2 is 1.75 bits per heavy atom. The van der Waals surface area contributed by atoms with Gasteiger partial charge < -0.3 is 14.2 Å². The molecule has 1 aliphatic rings. The Labute approximate surface area is 241 Å². The Morgan fingerprint density at radius 3 is 2.38 bits per heavy atom. The number of anilines is 1. The van der Waals surface area contributed by atoms with Crippen molar-refractivity contribution < 1.29 is 31.7 Å². The second-order valence-electron chi connectivity index (χ2n) is 8.76. The summed E-state index contributed by atoms with van der Waals surface area (Å²) in [6.07, 6.45) is 1.49. The Balaban J connectivity index is 1.58. The molecule has 0 aliphatic carbocycles. The molecule has 0 radical (unpaired) electrons. The lowest BCUT2D eigenvalue weighted by atomic mass is 10.1. The van der Waals surface area contributed by atoms with Crippen LogP contribution in [0.5, 0.6) is 11.5 Å². The fraction of sp³-hybridized carbons (Fsp3) is 0.179. The summed E-state index contributed by atoms with van der Waals surface area (Å²) in [6, 6.07) is 15.9. The molecule has 0 aromatic heterocycles. The largest absolute Gasteiger partial charge is 0.490 e. The first-order valence-corrected chi connectivity index (χ1v) is 14.7. The zero-order valence-corrected chi connectivity index (χ0v) is 24.2. The van der Waals surface area contributed by atoms with Crippen molar-refractivity contribution in [1.29, 1.82) is 0 Å². The van der Waals surface area contributed by atoms with Crippen molar-refractivity contribution in [2.24, 2.45) is 0 Å². The third-order valence-corrected chi connectivity index (χ3v) is 8.04. The number of hydrogen-bond acceptors (Lipinski definition) is 8. The van der Waals surface area contributed by atoms with E-state index in [2.05, 4.69) is 5.32 Å². The molecule has 0 spiro atoms. The number of rotatable bonds is 9. The molecule has 1 N–H and O–H groups in total. The number of amides is 3. The molecule has 1 aliphatic heterocycles. The van der Waals surface area contributed by atoms with Crippen molar-refractivity contribution >= 4 is 62.3 Å². The predicted molar refractivity (Wildman–Crippen MR) is 154 cm³/mol. The zero-order chi connectivity index (χ0) is 29.0. The van der Waals surface area contributed by atoms with E-state index in [4.69, 9.17) is 20.5 Å². The summed E-state index contributed by atoms with van der Waals surface area (Å²) in [5, 5.41) is 2.08. The number of nitrogens with zero attached hydrogens (tertiary/aromatic N) is 1. The molecule has 3 amide bonds. The highest BCUT2D eigenvalue weighted by Crippen LogP contribution is 2.40. The van der Waals surface area contributed by atoms with Gasteiger partial charge in [0.1, 0.15) is 4.90 Å². The van der Waals surface area contributed by atoms with E-state index in [1.807, 2.05) is 31.2 Å². The van der Waals surface area contributed by atoms with Gasteiger partial charge in [-0.1, -0.05) is 41.4 Å². The number of thioether (sulfide) groups is 1. The number of ether oxygens (including phenoxy) is 1. The van der Waals surface area contributed by atoms with Crippen LogP contribution in [0.3, 0.4) is 0 Å². The number of nitrogens with one attached hydrogen (secondary N) is 1. The van der Waals surface area contributed by atoms with Crippen LogP contribution in [0.4, 0.5) is 10.5 Å². The Bertz CT molecular complexity index is 1600. The summed E-state index contributed by atoms with van der Waals surface area (Å²) in [6.45, 7) is 5.31. The molecular formula is C28H25ClN2O7S2. The first kappa shape index (κ1) is 29.2. The second-order valence-corrected chi connectivity index (χ2v) is 11.7. The molecule has 0 unspecified atom stereocenters. The van der Waals surface area contributed by atoms with Crippen LogP contribution in [-0.4, -0.2) is 37.0 Å². The van der Waals surface area contributed by atoms with Gasteiger partial charge in [-0.15, -0.1) is 0 Å². The lowest BCUT2D eigenvalue weighted by Gasteiger charge is -2.15. The van der Waals surface area contributed by atoms with E-state index in [9.17, 15) is 22.8 Å². The van der Waals surface area contributed by atoms with E-state index in [1.165, 1.54) is 49.4 Å². The van der Waals surface area contributed by atoms with Crippen LogP contribution in [-0.2, 0) is 26.3 Å². The molecule has 3 aromatic rings. The molecule has 0 saturated carbocycles. The maximum Gasteiger partial charge on any atom is 0.339 e. The number of halogens is 1. The molecular weight excluding hydrogens is 576 g/mol. The Morgan fingerprint density at radius 1 is 1.07 bits per heavy atom. The standard InChI is InChI=1S/C28H25ClN2O7S2/c1-4-37-24-14-20(15-25-27(33)31(28(34)39-25)16-19-7-5-17(2)6-8-19)13-23(29)26(24)38-40(35,36)22-11-9-21(10-12-22)30-18(3)32/h5-15H,4,16H2,1-3H3,(H,30,32)/b25-15-. The molecule has 4 rings (SSSR count). The maximum absolute atomic E-state index is 13.0. The quantitative estimate of drug-likeness (QED) is 0.234. The predicted octanol–water partition coefficient (Wildman–Crippen LogP) is 6.01. The highest BCUT2D eigenvalue weighted by molar-refractivity contribution is 8.18. The maximum atomic E-state index is 13.0. The van der Waals surface area contributed by atoms with Crippen LogP contribution in [0.1, 0.15) is 30.5 Å². The fourth-order valence-corrected chi connectivity index (χ4v) is 5.84. The van der Waals surface area contributed by atoms with Gasteiger partial charge in [0.2, 0.25) is 11.7 Å². The van der Waals surface area contributed by atoms with E-state index >= 15 is 0 Å². The minimum Gasteiger partial charge on any atom is -0.490 e. The lowest BCUT2D eigenvalue weighted by molar-refractivity contribution is -0.123. The molecule has 0 bridgehead atoms. The molecule has 12 heteroatoms. The summed E-state index contributed by atoms with van der Waals surface area (Å²) in [5.74, 6) is -0.927. The van der Waals surface area contributed by atoms with Crippen LogP contribution in [0.15, 0.2) is 70.5 Å². The molecule has 3 aromatic carbocycles. The summed E-state index contributed by atoms with van der Waals surface area (Å²) in [7, 11) is -4.32. The second kappa shape index (κ2) is 12.2. The van der Waals surface area contributed by atoms with Crippen molar-refractivity contribution in [3.05, 3.63) is 87.3 Å². The van der Waals surface area contributed by atoms with Gasteiger partial charge in [-0.3, -0.25) is 19.3 Å². The van der Waals surface area contributed by atoms with E-state index in [1.54, 1.807) is 6.92 Å². The fourth-order valence-electron chi connectivity index (χ4n) is 3.74. The monoisotopic (exact) mass is 600 g/mol. The van der Waals surface area contributed by atoms with Gasteiger partial charge in [-0.05, 0) is 79.2 Å². The highest BCUT2D eigenvalue weighted by Gasteiger charge is 2.35. The van der Waals surface area contributed by atoms with Crippen molar-refractivity contribution in [1.82, 2.24) is 4.90 Å². The first-order chi connectivity index (χ1) is 19.0. The van der Waals surface area contributed by atoms with Gasteiger partial charge in [-0.2, -0.15) is 8.42 Å². The molecule has 1 saturated heterocycles. The summed E-state index contributed by atoms with van der Waals surface area (Å²) in [4.78, 5) is 38.0. The van der Waals surface area contributed by atoms with Crippen molar-refractivity contribution in [2.75, 3.05) is 11.9 Å². The number of imide groups is 1. The van der Waals surface area contributed by atoms with E-state index in [-0.39, 0.29) is 45.4 Å². The molecule has 1 heterocycles. The molecule has 9 nitrogen and oxygen atoms in total. The number of benzene rings is 3. The average Bonchev–Trinajstić information content (AvgIpc) is 3.14. The number of carbonyl (C=O) groups is 3. The molecule has 208 valence electrons. The van der Waals surface area contributed by atoms with Gasteiger partial charge in [0.25, 0.3) is 11.1 Å². The SMILES string of the molecule is CCOc1cc(/C=C2\SC(=O)N(Cc3ccc(C)cc3)C2=O)cc(Cl)c1OS(=O)(=O)c1ccc(NC(C)=O)cc1. The summed E-state index contributed by atoms with van der Waals surface area (Å²) in [5.41, 5.74) is 2.73. The van der Waals surface area contributed by atoms with Crippen LogP contribution >= 0.6 is 23.4 Å². The molecule has 40 heavy (non-hydrogen) atoms. The average molecular weight is 601 g/mol. The van der Waals surface area contributed by atoms with Crippen molar-refractivity contribution in [3.8, 4) is 11.5 Å². The lowest BCUT2D eigenvalue weighted by Crippen LogP contribution is -2.27. The van der Waals surface area contributed by atoms with Gasteiger partial charge in [0.15, 0.2) is 5.75 Å². The van der Waals surface area contributed by atoms with Crippen LogP contribution in [0, 0.1) is 6.92 Å².